The van der Waals surface area contributed by atoms with E-state index >= 15 is 0 Å². The minimum Gasteiger partial charge on any atom is -0.482 e. The van der Waals surface area contributed by atoms with Gasteiger partial charge in [0.15, 0.2) is 7.98 Å². The maximum Gasteiger partial charge on any atom is 0.298 e. The molecule has 0 aliphatic heterocycles. The summed E-state index contributed by atoms with van der Waals surface area (Å²) in [5, 5.41) is 8.81. The molecule has 3 nitrogen and oxygen atoms in total. The summed E-state index contributed by atoms with van der Waals surface area (Å²) < 4.78 is 0. The molecule has 0 saturated carbocycles. The zero-order chi connectivity index (χ0) is 12.4. The number of hydrogen-bond acceptors (Lipinski definition) is 2. The van der Waals surface area contributed by atoms with Gasteiger partial charge in [-0.15, -0.1) is 0 Å². The summed E-state index contributed by atoms with van der Waals surface area (Å²) in [6.07, 6.45) is 0.663. The topological polar surface area (TPSA) is 40.5 Å². The summed E-state index contributed by atoms with van der Waals surface area (Å²) in [6, 6.07) is 0. The van der Waals surface area contributed by atoms with Crippen molar-refractivity contribution in [2.45, 2.75) is 43.9 Å². The van der Waals surface area contributed by atoms with Gasteiger partial charge >= 0.3 is 0 Å². The quantitative estimate of drug-likeness (QED) is 0.515. The molecule has 15 heavy (non-hydrogen) atoms. The molecule has 0 radical (unpaired) electrons. The third-order valence-electron chi connectivity index (χ3n) is 3.14. The van der Waals surface area contributed by atoms with E-state index < -0.39 is 5.97 Å². The first-order chi connectivity index (χ1) is 6.48. The molecule has 0 aliphatic carbocycles. The lowest BCUT2D eigenvalue weighted by Crippen LogP contribution is -2.57. The van der Waals surface area contributed by atoms with E-state index in [-0.39, 0.29) is 16.7 Å². The van der Waals surface area contributed by atoms with Crippen molar-refractivity contribution in [1.82, 2.24) is 4.81 Å². The van der Waals surface area contributed by atoms with E-state index in [4.69, 9.17) is 5.11 Å². The number of rotatable bonds is 4. The zero-order valence-corrected chi connectivity index (χ0v) is 11.1. The van der Waals surface area contributed by atoms with Crippen molar-refractivity contribution in [3.8, 4) is 0 Å². The lowest BCUT2D eigenvalue weighted by atomic mass is 9.53. The molecule has 82 valence electrons. The molecule has 0 bridgehead atoms. The van der Waals surface area contributed by atoms with Crippen LogP contribution in [0, 0.1) is 0 Å². The van der Waals surface area contributed by atoms with Gasteiger partial charge in [0.1, 0.15) is 23.5 Å². The SMILES string of the molecule is BC(CC(B)(B)N(B)C(C)(C)C)C(=O)O. The average molecular weight is 207 g/mol. The van der Waals surface area contributed by atoms with Crippen molar-refractivity contribution in [3.63, 3.8) is 0 Å². The molecular formula is C8H21B4NO2. The summed E-state index contributed by atoms with van der Waals surface area (Å²) in [4.78, 5) is 13.1. The minimum atomic E-state index is -0.717. The predicted molar refractivity (Wildman–Crippen MR) is 74.5 cm³/mol. The first-order valence-electron chi connectivity index (χ1n) is 5.45. The fraction of sp³-hybridized carbons (Fsp3) is 0.875. The molecular weight excluding hydrogens is 185 g/mol. The number of carbonyl (C=O) groups is 1. The first-order valence-corrected chi connectivity index (χ1v) is 5.45. The molecule has 0 aromatic rings. The van der Waals surface area contributed by atoms with Crippen molar-refractivity contribution in [1.29, 1.82) is 0 Å². The maximum absolute atomic E-state index is 10.8. The number of carboxylic acid groups (broad SMARTS) is 1. The third-order valence-corrected chi connectivity index (χ3v) is 3.14. The lowest BCUT2D eigenvalue weighted by molar-refractivity contribution is -0.137. The molecule has 0 rings (SSSR count). The molecule has 1 atom stereocenters. The molecule has 1 N–H and O–H groups in total. The highest BCUT2D eigenvalue weighted by Crippen LogP contribution is 2.25. The molecule has 0 amide bonds. The minimum absolute atomic E-state index is 0.0573. The Morgan fingerprint density at radius 3 is 2.07 bits per heavy atom. The summed E-state index contributed by atoms with van der Waals surface area (Å²) in [5.41, 5.74) is 0.0573. The van der Waals surface area contributed by atoms with Crippen LogP contribution in [-0.2, 0) is 4.79 Å². The van der Waals surface area contributed by atoms with Crippen LogP contribution in [0.2, 0.25) is 5.82 Å². The van der Waals surface area contributed by atoms with Gasteiger partial charge in [-0.2, -0.15) is 0 Å². The zero-order valence-electron chi connectivity index (χ0n) is 11.1. The summed E-state index contributed by atoms with van der Waals surface area (Å²) in [5.74, 6) is -1.02. The van der Waals surface area contributed by atoms with Crippen molar-refractivity contribution in [2.75, 3.05) is 0 Å². The van der Waals surface area contributed by atoms with Crippen LogP contribution in [0.3, 0.4) is 0 Å². The number of carboxylic acids is 1. The predicted octanol–water partition coefficient (Wildman–Crippen LogP) is -2.55. The van der Waals surface area contributed by atoms with Crippen molar-refractivity contribution in [3.05, 3.63) is 0 Å². The summed E-state index contributed by atoms with van der Waals surface area (Å²) >= 11 is 0. The van der Waals surface area contributed by atoms with E-state index in [1.807, 2.05) is 0 Å². The van der Waals surface area contributed by atoms with Crippen LogP contribution in [0.25, 0.3) is 0 Å². The van der Waals surface area contributed by atoms with E-state index in [1.54, 1.807) is 7.85 Å². The number of aliphatic carboxylic acids is 1. The molecule has 0 spiro atoms. The van der Waals surface area contributed by atoms with Gasteiger partial charge in [0.25, 0.3) is 5.97 Å². The van der Waals surface area contributed by atoms with Crippen LogP contribution in [0.5, 0.6) is 0 Å². The van der Waals surface area contributed by atoms with Gasteiger partial charge in [0.05, 0.1) is 0 Å². The molecule has 0 saturated heterocycles. The Labute approximate surface area is 96.6 Å². The van der Waals surface area contributed by atoms with Crippen LogP contribution < -0.4 is 0 Å². The second-order valence-corrected chi connectivity index (χ2v) is 5.99. The highest BCUT2D eigenvalue weighted by Gasteiger charge is 2.33. The Morgan fingerprint density at radius 2 is 1.80 bits per heavy atom. The lowest BCUT2D eigenvalue weighted by Gasteiger charge is -2.46. The second kappa shape index (κ2) is 4.69. The van der Waals surface area contributed by atoms with Gasteiger partial charge in [0.2, 0.25) is 0 Å². The molecule has 0 aromatic heterocycles. The first kappa shape index (κ1) is 14.7. The van der Waals surface area contributed by atoms with E-state index in [2.05, 4.69) is 49.3 Å². The Kier molecular flexibility index (Phi) is 4.59. The van der Waals surface area contributed by atoms with E-state index in [9.17, 15) is 4.79 Å². The van der Waals surface area contributed by atoms with E-state index in [1.165, 1.54) is 0 Å². The standard InChI is InChI=1S/C8H21B4NO2/c1-7(2,3)13(12)8(10,11)4-5(9)6(14)15/h5H,4,9-12H2,1-3H3,(H,14,15). The van der Waals surface area contributed by atoms with Gasteiger partial charge in [-0.05, 0) is 32.5 Å². The van der Waals surface area contributed by atoms with E-state index in [0.29, 0.717) is 6.42 Å². The Bertz CT molecular complexity index is 239. The fourth-order valence-electron chi connectivity index (χ4n) is 1.88. The third kappa shape index (κ3) is 4.37. The smallest absolute Gasteiger partial charge is 0.298 e. The summed E-state index contributed by atoms with van der Waals surface area (Å²) in [7, 11) is 8.00. The molecule has 7 heteroatoms. The average Bonchev–Trinajstić information content (AvgIpc) is 2.00. The Balaban J connectivity index is 4.62. The monoisotopic (exact) mass is 207 g/mol. The molecule has 0 fully saturated rings. The fourth-order valence-corrected chi connectivity index (χ4v) is 1.88. The largest absolute Gasteiger partial charge is 0.482 e. The highest BCUT2D eigenvalue weighted by molar-refractivity contribution is 6.42. The van der Waals surface area contributed by atoms with Crippen molar-refractivity contribution in [2.24, 2.45) is 0 Å². The van der Waals surface area contributed by atoms with Crippen LogP contribution in [0.4, 0.5) is 0 Å². The van der Waals surface area contributed by atoms with Crippen LogP contribution in [0.15, 0.2) is 0 Å². The van der Waals surface area contributed by atoms with Crippen LogP contribution in [-0.4, -0.2) is 58.3 Å². The number of hydrogen-bond donors (Lipinski definition) is 1. The number of nitrogens with zero attached hydrogens (tertiary/aromatic N) is 1. The molecule has 0 heterocycles. The Hall–Kier alpha value is -0.310. The normalized spacial score (nSPS) is 15.2. The maximum atomic E-state index is 10.8. The Morgan fingerprint density at radius 1 is 1.40 bits per heavy atom. The molecule has 1 unspecified atom stereocenters. The van der Waals surface area contributed by atoms with Gasteiger partial charge in [0, 0.05) is 11.4 Å². The molecule has 0 aliphatic rings. The van der Waals surface area contributed by atoms with Crippen LogP contribution >= 0.6 is 0 Å². The summed E-state index contributed by atoms with van der Waals surface area (Å²) in [6.45, 7) is 6.42. The molecule has 0 aromatic carbocycles. The van der Waals surface area contributed by atoms with Crippen molar-refractivity contribution >= 4 is 37.5 Å². The van der Waals surface area contributed by atoms with E-state index in [0.717, 1.165) is 0 Å². The highest BCUT2D eigenvalue weighted by atomic mass is 16.4. The van der Waals surface area contributed by atoms with Gasteiger partial charge in [-0.1, -0.05) is 0 Å². The second-order valence-electron chi connectivity index (χ2n) is 5.99. The van der Waals surface area contributed by atoms with Crippen LogP contribution in [0.1, 0.15) is 27.2 Å². The van der Waals surface area contributed by atoms with Crippen molar-refractivity contribution < 1.29 is 9.90 Å². The van der Waals surface area contributed by atoms with Gasteiger partial charge in [-0.25, -0.2) is 0 Å². The van der Waals surface area contributed by atoms with Gasteiger partial charge in [-0.3, -0.25) is 4.79 Å². The van der Waals surface area contributed by atoms with Gasteiger partial charge < -0.3 is 9.92 Å².